The van der Waals surface area contributed by atoms with Crippen molar-refractivity contribution in [2.75, 3.05) is 17.2 Å². The van der Waals surface area contributed by atoms with Crippen LogP contribution in [0.25, 0.3) is 0 Å². The first-order valence-electron chi connectivity index (χ1n) is 7.94. The van der Waals surface area contributed by atoms with E-state index in [0.29, 0.717) is 22.4 Å². The van der Waals surface area contributed by atoms with Crippen molar-refractivity contribution >= 4 is 34.8 Å². The minimum atomic E-state index is -0.325. The Balaban J connectivity index is 1.50. The fourth-order valence-corrected chi connectivity index (χ4v) is 2.24. The Hall–Kier alpha value is -3.12. The lowest BCUT2D eigenvalue weighted by Crippen LogP contribution is -2.21. The summed E-state index contributed by atoms with van der Waals surface area (Å²) in [5.41, 5.74) is 2.10. The summed E-state index contributed by atoms with van der Waals surface area (Å²) in [5.74, 6) is 1.18. The smallest absolute Gasteiger partial charge is 0.263 e. The fraction of sp³-hybridized carbons (Fsp3) is 0.105. The molecule has 0 bridgehead atoms. The molecule has 0 saturated carbocycles. The van der Waals surface area contributed by atoms with Crippen LogP contribution < -0.4 is 15.4 Å². The van der Waals surface area contributed by atoms with E-state index in [-0.39, 0.29) is 12.5 Å². The van der Waals surface area contributed by atoms with E-state index in [1.165, 1.54) is 5.56 Å². The molecule has 0 fully saturated rings. The Kier molecular flexibility index (Phi) is 5.66. The first-order chi connectivity index (χ1) is 12.6. The molecule has 3 rings (SSSR count). The number of carbonyl (C=O) groups excluding carboxylic acids is 1. The average molecular weight is 369 g/mol. The lowest BCUT2D eigenvalue weighted by atomic mass is 10.2. The normalized spacial score (nSPS) is 10.2. The number of benzene rings is 2. The van der Waals surface area contributed by atoms with E-state index in [1.807, 2.05) is 31.2 Å². The van der Waals surface area contributed by atoms with Gasteiger partial charge in [0.15, 0.2) is 18.2 Å². The third-order valence-electron chi connectivity index (χ3n) is 3.44. The van der Waals surface area contributed by atoms with Crippen LogP contribution in [0.5, 0.6) is 5.75 Å². The highest BCUT2D eigenvalue weighted by Gasteiger charge is 2.06. The molecule has 26 heavy (non-hydrogen) atoms. The van der Waals surface area contributed by atoms with Crippen LogP contribution in [0.3, 0.4) is 0 Å². The van der Waals surface area contributed by atoms with E-state index >= 15 is 0 Å². The van der Waals surface area contributed by atoms with Crippen LogP contribution in [0.1, 0.15) is 5.56 Å². The van der Waals surface area contributed by atoms with Crippen LogP contribution in [0, 0.1) is 6.92 Å². The maximum absolute atomic E-state index is 11.9. The van der Waals surface area contributed by atoms with Crippen LogP contribution in [0.4, 0.5) is 17.3 Å². The van der Waals surface area contributed by atoms with Crippen LogP contribution in [-0.2, 0) is 4.79 Å². The Morgan fingerprint density at radius 2 is 1.62 bits per heavy atom. The molecule has 0 aliphatic rings. The van der Waals surface area contributed by atoms with Crippen molar-refractivity contribution in [3.05, 3.63) is 71.2 Å². The number of nitrogens with one attached hydrogen (secondary N) is 2. The third-order valence-corrected chi connectivity index (χ3v) is 3.69. The number of aryl methyl sites for hydroxylation is 1. The van der Waals surface area contributed by atoms with Crippen LogP contribution in [0.15, 0.2) is 60.7 Å². The predicted octanol–water partition coefficient (Wildman–Crippen LogP) is 4.20. The van der Waals surface area contributed by atoms with E-state index in [4.69, 9.17) is 16.3 Å². The van der Waals surface area contributed by atoms with E-state index in [2.05, 4.69) is 20.8 Å². The summed E-state index contributed by atoms with van der Waals surface area (Å²) >= 11 is 5.80. The topological polar surface area (TPSA) is 76.1 Å². The Bertz CT molecular complexity index is 866. The number of halogens is 1. The molecular formula is C19H17ClN4O2. The van der Waals surface area contributed by atoms with Crippen molar-refractivity contribution in [1.82, 2.24) is 10.2 Å². The highest BCUT2D eigenvalue weighted by atomic mass is 35.5. The zero-order chi connectivity index (χ0) is 18.4. The zero-order valence-electron chi connectivity index (χ0n) is 14.1. The summed E-state index contributed by atoms with van der Waals surface area (Å²) in [5, 5.41) is 14.4. The minimum Gasteiger partial charge on any atom is -0.484 e. The minimum absolute atomic E-state index is 0.132. The highest BCUT2D eigenvalue weighted by Crippen LogP contribution is 2.16. The van der Waals surface area contributed by atoms with Crippen molar-refractivity contribution in [3.8, 4) is 5.75 Å². The first kappa shape index (κ1) is 17.7. The summed E-state index contributed by atoms with van der Waals surface area (Å²) in [4.78, 5) is 11.9. The van der Waals surface area contributed by atoms with Gasteiger partial charge in [0.1, 0.15) is 5.75 Å². The van der Waals surface area contributed by atoms with Crippen molar-refractivity contribution in [3.63, 3.8) is 0 Å². The van der Waals surface area contributed by atoms with Crippen molar-refractivity contribution in [2.45, 2.75) is 6.92 Å². The van der Waals surface area contributed by atoms with Crippen LogP contribution >= 0.6 is 11.6 Å². The Morgan fingerprint density at radius 3 is 2.27 bits per heavy atom. The quantitative estimate of drug-likeness (QED) is 0.682. The van der Waals surface area contributed by atoms with E-state index in [9.17, 15) is 4.79 Å². The van der Waals surface area contributed by atoms with Gasteiger partial charge in [-0.05, 0) is 55.5 Å². The number of carbonyl (C=O) groups is 1. The number of anilines is 3. The van der Waals surface area contributed by atoms with Gasteiger partial charge in [-0.3, -0.25) is 4.79 Å². The molecule has 0 unspecified atom stereocenters. The molecule has 7 heteroatoms. The lowest BCUT2D eigenvalue weighted by Gasteiger charge is -2.08. The molecule has 0 saturated heterocycles. The summed E-state index contributed by atoms with van der Waals surface area (Å²) in [6, 6.07) is 18.1. The molecule has 2 aromatic carbocycles. The van der Waals surface area contributed by atoms with Gasteiger partial charge in [-0.25, -0.2) is 0 Å². The molecule has 3 aromatic rings. The van der Waals surface area contributed by atoms with Gasteiger partial charge in [0, 0.05) is 10.7 Å². The lowest BCUT2D eigenvalue weighted by molar-refractivity contribution is -0.118. The fourth-order valence-electron chi connectivity index (χ4n) is 2.11. The second-order valence-corrected chi connectivity index (χ2v) is 6.02. The average Bonchev–Trinajstić information content (AvgIpc) is 2.65. The number of nitrogens with zero attached hydrogens (tertiary/aromatic N) is 2. The Morgan fingerprint density at radius 1 is 0.962 bits per heavy atom. The summed E-state index contributed by atoms with van der Waals surface area (Å²) in [7, 11) is 0. The van der Waals surface area contributed by atoms with Crippen molar-refractivity contribution in [1.29, 1.82) is 0 Å². The van der Waals surface area contributed by atoms with Gasteiger partial charge in [-0.2, -0.15) is 0 Å². The summed E-state index contributed by atoms with van der Waals surface area (Å²) in [6.07, 6.45) is 0. The van der Waals surface area contributed by atoms with Gasteiger partial charge in [-0.1, -0.05) is 29.3 Å². The van der Waals surface area contributed by atoms with Crippen LogP contribution in [-0.4, -0.2) is 22.7 Å². The number of hydrogen-bond donors (Lipinski definition) is 2. The highest BCUT2D eigenvalue weighted by molar-refractivity contribution is 6.30. The maximum Gasteiger partial charge on any atom is 0.263 e. The molecule has 0 radical (unpaired) electrons. The van der Waals surface area contributed by atoms with Crippen LogP contribution in [0.2, 0.25) is 5.02 Å². The van der Waals surface area contributed by atoms with Gasteiger partial charge in [0.25, 0.3) is 5.91 Å². The molecular weight excluding hydrogens is 352 g/mol. The third kappa shape index (κ3) is 5.19. The van der Waals surface area contributed by atoms with Crippen molar-refractivity contribution in [2.24, 2.45) is 0 Å². The molecule has 1 amide bonds. The number of ether oxygens (including phenoxy) is 1. The molecule has 6 nitrogen and oxygen atoms in total. The van der Waals surface area contributed by atoms with E-state index < -0.39 is 0 Å². The molecule has 0 aliphatic carbocycles. The zero-order valence-corrected chi connectivity index (χ0v) is 14.8. The molecule has 132 valence electrons. The maximum atomic E-state index is 11.9. The number of hydrogen-bond acceptors (Lipinski definition) is 5. The van der Waals surface area contributed by atoms with Gasteiger partial charge in [0.2, 0.25) is 0 Å². The van der Waals surface area contributed by atoms with Gasteiger partial charge < -0.3 is 15.4 Å². The second kappa shape index (κ2) is 8.31. The van der Waals surface area contributed by atoms with Crippen molar-refractivity contribution < 1.29 is 9.53 Å². The first-order valence-corrected chi connectivity index (χ1v) is 8.32. The molecule has 1 heterocycles. The van der Waals surface area contributed by atoms with Gasteiger partial charge in [0.05, 0.1) is 0 Å². The van der Waals surface area contributed by atoms with Gasteiger partial charge in [-0.15, -0.1) is 10.2 Å². The SMILES string of the molecule is Cc1ccc(Nc2ccc(NC(=O)COc3ccc(Cl)cc3)nn2)cc1. The monoisotopic (exact) mass is 368 g/mol. The van der Waals surface area contributed by atoms with E-state index in [0.717, 1.165) is 5.69 Å². The number of rotatable bonds is 6. The summed E-state index contributed by atoms with van der Waals surface area (Å²) < 4.78 is 5.38. The molecule has 0 aliphatic heterocycles. The molecule has 2 N–H and O–H groups in total. The Labute approximate surface area is 156 Å². The molecule has 0 spiro atoms. The second-order valence-electron chi connectivity index (χ2n) is 5.59. The predicted molar refractivity (Wildman–Crippen MR) is 102 cm³/mol. The summed E-state index contributed by atoms with van der Waals surface area (Å²) in [6.45, 7) is 1.89. The number of aromatic nitrogens is 2. The largest absolute Gasteiger partial charge is 0.484 e. The molecule has 0 atom stereocenters. The standard InChI is InChI=1S/C19H17ClN4O2/c1-13-2-6-15(7-3-13)21-17-10-11-18(24-23-17)22-19(25)12-26-16-8-4-14(20)5-9-16/h2-11H,12H2,1H3,(H,21,23)(H,22,24,25). The van der Waals surface area contributed by atoms with Gasteiger partial charge >= 0.3 is 0 Å². The van der Waals surface area contributed by atoms with E-state index in [1.54, 1.807) is 36.4 Å². The number of amides is 1. The molecule has 1 aromatic heterocycles.